The molecule has 0 saturated heterocycles. The maximum Gasteiger partial charge on any atom is 0.358 e. The van der Waals surface area contributed by atoms with Crippen molar-refractivity contribution in [3.05, 3.63) is 81.5 Å². The van der Waals surface area contributed by atoms with Crippen LogP contribution in [0.25, 0.3) is 22.0 Å². The van der Waals surface area contributed by atoms with E-state index in [4.69, 9.17) is 9.15 Å². The molecule has 0 unspecified atom stereocenters. The third-order valence-corrected chi connectivity index (χ3v) is 4.46. The van der Waals surface area contributed by atoms with Crippen molar-refractivity contribution < 1.29 is 13.9 Å². The van der Waals surface area contributed by atoms with Gasteiger partial charge in [-0.25, -0.2) is 14.6 Å². The summed E-state index contributed by atoms with van der Waals surface area (Å²) < 4.78 is 10.6. The molecule has 0 radical (unpaired) electrons. The molecule has 6 heteroatoms. The van der Waals surface area contributed by atoms with Gasteiger partial charge in [-0.3, -0.25) is 4.98 Å². The number of fused-ring (bicyclic) bond motifs is 2. The van der Waals surface area contributed by atoms with Gasteiger partial charge in [-0.1, -0.05) is 12.1 Å². The van der Waals surface area contributed by atoms with Gasteiger partial charge >= 0.3 is 11.6 Å². The van der Waals surface area contributed by atoms with E-state index in [1.165, 1.54) is 12.3 Å². The Morgan fingerprint density at radius 2 is 1.81 bits per heavy atom. The first-order valence-electron chi connectivity index (χ1n) is 8.44. The van der Waals surface area contributed by atoms with Crippen molar-refractivity contribution in [1.29, 1.82) is 0 Å². The van der Waals surface area contributed by atoms with Crippen LogP contribution in [0, 0.1) is 13.8 Å². The van der Waals surface area contributed by atoms with E-state index in [9.17, 15) is 9.59 Å². The monoisotopic (exact) mass is 360 g/mol. The van der Waals surface area contributed by atoms with Gasteiger partial charge in [0.25, 0.3) is 0 Å². The zero-order valence-corrected chi connectivity index (χ0v) is 14.9. The van der Waals surface area contributed by atoms with Gasteiger partial charge < -0.3 is 9.15 Å². The number of rotatable bonds is 3. The lowest BCUT2D eigenvalue weighted by atomic mass is 10.0. The quantitative estimate of drug-likeness (QED) is 0.409. The lowest BCUT2D eigenvalue weighted by molar-refractivity contribution is 0.0467. The second-order valence-corrected chi connectivity index (χ2v) is 6.34. The minimum absolute atomic E-state index is 0.0576. The topological polar surface area (TPSA) is 82.3 Å². The van der Waals surface area contributed by atoms with Crippen molar-refractivity contribution in [3.8, 4) is 0 Å². The van der Waals surface area contributed by atoms with E-state index in [1.54, 1.807) is 6.07 Å². The van der Waals surface area contributed by atoms with Crippen LogP contribution in [0.2, 0.25) is 0 Å². The SMILES string of the molecule is Cc1cc2oc(=O)cc(COC(=O)c3cnc4ccccc4n3)c2cc1C. The summed E-state index contributed by atoms with van der Waals surface area (Å²) in [7, 11) is 0. The fraction of sp³-hybridized carbons (Fsp3) is 0.143. The van der Waals surface area contributed by atoms with Gasteiger partial charge in [-0.15, -0.1) is 0 Å². The molecule has 2 aromatic carbocycles. The van der Waals surface area contributed by atoms with Crippen molar-refractivity contribution in [2.24, 2.45) is 0 Å². The molecule has 0 N–H and O–H groups in total. The largest absolute Gasteiger partial charge is 0.456 e. The lowest BCUT2D eigenvalue weighted by Crippen LogP contribution is -2.10. The van der Waals surface area contributed by atoms with Crippen LogP contribution in [0.1, 0.15) is 27.2 Å². The fourth-order valence-electron chi connectivity index (χ4n) is 2.88. The summed E-state index contributed by atoms with van der Waals surface area (Å²) in [6.07, 6.45) is 1.38. The first-order chi connectivity index (χ1) is 13.0. The third kappa shape index (κ3) is 3.29. The minimum Gasteiger partial charge on any atom is -0.456 e. The lowest BCUT2D eigenvalue weighted by Gasteiger charge is -2.09. The smallest absolute Gasteiger partial charge is 0.358 e. The molecule has 0 aliphatic heterocycles. The van der Waals surface area contributed by atoms with E-state index in [1.807, 2.05) is 44.2 Å². The van der Waals surface area contributed by atoms with Gasteiger partial charge in [0, 0.05) is 17.0 Å². The predicted octanol–water partition coefficient (Wildman–Crippen LogP) is 3.71. The Labute approximate surface area is 154 Å². The summed E-state index contributed by atoms with van der Waals surface area (Å²) in [5.41, 5.74) is 4.09. The van der Waals surface area contributed by atoms with E-state index < -0.39 is 11.6 Å². The molecule has 2 heterocycles. The minimum atomic E-state index is -0.599. The van der Waals surface area contributed by atoms with Crippen LogP contribution < -0.4 is 5.63 Å². The molecule has 4 aromatic rings. The molecule has 0 aliphatic rings. The molecule has 6 nitrogen and oxygen atoms in total. The van der Waals surface area contributed by atoms with Crippen molar-refractivity contribution in [1.82, 2.24) is 9.97 Å². The Balaban J connectivity index is 1.63. The molecule has 0 fully saturated rings. The average Bonchev–Trinajstić information content (AvgIpc) is 2.67. The first-order valence-corrected chi connectivity index (χ1v) is 8.44. The van der Waals surface area contributed by atoms with Crippen molar-refractivity contribution >= 4 is 28.0 Å². The molecule has 2 aromatic heterocycles. The van der Waals surface area contributed by atoms with E-state index in [2.05, 4.69) is 9.97 Å². The Bertz CT molecular complexity index is 1240. The number of aromatic nitrogens is 2. The number of para-hydroxylation sites is 2. The third-order valence-electron chi connectivity index (χ3n) is 4.46. The number of ether oxygens (including phenoxy) is 1. The van der Waals surface area contributed by atoms with Crippen LogP contribution in [-0.4, -0.2) is 15.9 Å². The highest BCUT2D eigenvalue weighted by Crippen LogP contribution is 2.22. The molecule has 0 amide bonds. The summed E-state index contributed by atoms with van der Waals surface area (Å²) in [6.45, 7) is 3.86. The molecule has 0 bridgehead atoms. The highest BCUT2D eigenvalue weighted by molar-refractivity contribution is 5.89. The molecular formula is C21H16N2O4. The summed E-state index contributed by atoms with van der Waals surface area (Å²) in [6, 6.07) is 12.4. The summed E-state index contributed by atoms with van der Waals surface area (Å²) in [5, 5.41) is 0.745. The Morgan fingerprint density at radius 1 is 1.07 bits per heavy atom. The van der Waals surface area contributed by atoms with Crippen LogP contribution in [-0.2, 0) is 11.3 Å². The Kier molecular flexibility index (Phi) is 4.16. The van der Waals surface area contributed by atoms with Gasteiger partial charge in [0.1, 0.15) is 12.2 Å². The second-order valence-electron chi connectivity index (χ2n) is 6.34. The number of hydrogen-bond donors (Lipinski definition) is 0. The van der Waals surface area contributed by atoms with Crippen LogP contribution in [0.3, 0.4) is 0 Å². The van der Waals surface area contributed by atoms with Crippen LogP contribution in [0.15, 0.2) is 57.9 Å². The van der Waals surface area contributed by atoms with E-state index in [0.717, 1.165) is 16.5 Å². The average molecular weight is 360 g/mol. The first kappa shape index (κ1) is 16.9. The van der Waals surface area contributed by atoms with Crippen LogP contribution in [0.4, 0.5) is 0 Å². The van der Waals surface area contributed by atoms with E-state index >= 15 is 0 Å². The van der Waals surface area contributed by atoms with Gasteiger partial charge in [0.05, 0.1) is 17.2 Å². The van der Waals surface area contributed by atoms with Crippen molar-refractivity contribution in [2.75, 3.05) is 0 Å². The Hall–Kier alpha value is -3.54. The number of esters is 1. The second kappa shape index (κ2) is 6.64. The number of carbonyl (C=O) groups excluding carboxylic acids is 1. The molecule has 4 rings (SSSR count). The summed E-state index contributed by atoms with van der Waals surface area (Å²) in [5.74, 6) is -0.599. The van der Waals surface area contributed by atoms with Gasteiger partial charge in [0.2, 0.25) is 0 Å². The van der Waals surface area contributed by atoms with Gasteiger partial charge in [0.15, 0.2) is 5.69 Å². The zero-order valence-electron chi connectivity index (χ0n) is 14.9. The molecular weight excluding hydrogens is 344 g/mol. The number of nitrogens with zero attached hydrogens (tertiary/aromatic N) is 2. The zero-order chi connectivity index (χ0) is 19.0. The Morgan fingerprint density at radius 3 is 2.63 bits per heavy atom. The number of benzene rings is 2. The highest BCUT2D eigenvalue weighted by Gasteiger charge is 2.14. The standard InChI is InChI=1S/C21H16N2O4/c1-12-7-15-14(9-20(24)27-19(15)8-13(12)2)11-26-21(25)18-10-22-16-5-3-4-6-17(16)23-18/h3-10H,11H2,1-2H3. The van der Waals surface area contributed by atoms with Gasteiger partial charge in [-0.05, 0) is 49.2 Å². The van der Waals surface area contributed by atoms with E-state index in [0.29, 0.717) is 22.2 Å². The molecule has 27 heavy (non-hydrogen) atoms. The summed E-state index contributed by atoms with van der Waals surface area (Å²) >= 11 is 0. The molecule has 0 atom stereocenters. The molecule has 0 aliphatic carbocycles. The summed E-state index contributed by atoms with van der Waals surface area (Å²) in [4.78, 5) is 32.7. The predicted molar refractivity (Wildman–Crippen MR) is 101 cm³/mol. The van der Waals surface area contributed by atoms with E-state index in [-0.39, 0.29) is 12.3 Å². The molecule has 134 valence electrons. The molecule has 0 saturated carbocycles. The maximum atomic E-state index is 12.4. The van der Waals surface area contributed by atoms with Gasteiger partial charge in [-0.2, -0.15) is 0 Å². The van der Waals surface area contributed by atoms with Crippen molar-refractivity contribution in [2.45, 2.75) is 20.5 Å². The van der Waals surface area contributed by atoms with Crippen molar-refractivity contribution in [3.63, 3.8) is 0 Å². The number of aryl methyl sites for hydroxylation is 2. The van der Waals surface area contributed by atoms with Crippen LogP contribution in [0.5, 0.6) is 0 Å². The molecule has 0 spiro atoms. The normalized spacial score (nSPS) is 11.0. The highest BCUT2D eigenvalue weighted by atomic mass is 16.5. The number of carbonyl (C=O) groups is 1. The van der Waals surface area contributed by atoms with Crippen LogP contribution >= 0.6 is 0 Å². The maximum absolute atomic E-state index is 12.4. The fourth-order valence-corrected chi connectivity index (χ4v) is 2.88. The number of hydrogen-bond acceptors (Lipinski definition) is 6.